The van der Waals surface area contributed by atoms with Gasteiger partial charge in [-0.3, -0.25) is 4.79 Å². The first-order chi connectivity index (χ1) is 9.25. The Hall–Kier alpha value is -0.580. The van der Waals surface area contributed by atoms with Crippen molar-refractivity contribution in [3.8, 4) is 0 Å². The number of halogens is 1. The van der Waals surface area contributed by atoms with Crippen molar-refractivity contribution >= 4 is 29.7 Å². The fourth-order valence-electron chi connectivity index (χ4n) is 2.72. The minimum absolute atomic E-state index is 0. The highest BCUT2D eigenvalue weighted by Gasteiger charge is 2.21. The zero-order valence-electron chi connectivity index (χ0n) is 12.1. The molecule has 0 saturated carbocycles. The monoisotopic (exact) mass is 316 g/mol. The summed E-state index contributed by atoms with van der Waals surface area (Å²) in [6, 6.07) is 4.18. The first-order valence-corrected chi connectivity index (χ1v) is 8.13. The predicted octanol–water partition coefficient (Wildman–Crippen LogP) is 2.85. The molecule has 3 nitrogen and oxygen atoms in total. The second-order valence-corrected chi connectivity index (χ2v) is 6.48. The molecule has 114 valence electrons. The van der Waals surface area contributed by atoms with Crippen LogP contribution in [0, 0.1) is 11.8 Å². The molecule has 2 rings (SSSR count). The van der Waals surface area contributed by atoms with Gasteiger partial charge < -0.3 is 10.6 Å². The van der Waals surface area contributed by atoms with E-state index in [2.05, 4.69) is 35.1 Å². The summed E-state index contributed by atoms with van der Waals surface area (Å²) in [5.41, 5.74) is 0. The van der Waals surface area contributed by atoms with Gasteiger partial charge in [-0.1, -0.05) is 13.0 Å². The van der Waals surface area contributed by atoms with Crippen LogP contribution >= 0.6 is 23.7 Å². The van der Waals surface area contributed by atoms with E-state index in [0.717, 1.165) is 26.1 Å². The fraction of sp³-hybridized carbons (Fsp3) is 0.667. The molecule has 1 fully saturated rings. The Morgan fingerprint density at radius 2 is 2.25 bits per heavy atom. The van der Waals surface area contributed by atoms with Crippen molar-refractivity contribution in [1.82, 2.24) is 10.6 Å². The third-order valence-electron chi connectivity index (χ3n) is 3.97. The summed E-state index contributed by atoms with van der Waals surface area (Å²) in [6.07, 6.45) is 4.05. The van der Waals surface area contributed by atoms with Gasteiger partial charge in [-0.15, -0.1) is 23.7 Å². The third kappa shape index (κ3) is 5.81. The van der Waals surface area contributed by atoms with Crippen molar-refractivity contribution < 1.29 is 4.79 Å². The Labute approximate surface area is 131 Å². The van der Waals surface area contributed by atoms with E-state index in [-0.39, 0.29) is 18.3 Å². The molecule has 1 unspecified atom stereocenters. The van der Waals surface area contributed by atoms with E-state index in [4.69, 9.17) is 0 Å². The van der Waals surface area contributed by atoms with Gasteiger partial charge in [0.2, 0.25) is 5.91 Å². The number of carbonyl (C=O) groups is 1. The molecule has 1 aliphatic rings. The van der Waals surface area contributed by atoms with Crippen LogP contribution in [0.3, 0.4) is 0 Å². The van der Waals surface area contributed by atoms with Gasteiger partial charge in [-0.25, -0.2) is 0 Å². The molecule has 0 radical (unpaired) electrons. The van der Waals surface area contributed by atoms with Crippen molar-refractivity contribution in [2.45, 2.75) is 32.6 Å². The van der Waals surface area contributed by atoms with Crippen LogP contribution in [0.25, 0.3) is 0 Å². The van der Waals surface area contributed by atoms with Gasteiger partial charge in [-0.2, -0.15) is 0 Å². The maximum absolute atomic E-state index is 11.9. The van der Waals surface area contributed by atoms with Crippen LogP contribution in [0.15, 0.2) is 17.5 Å². The summed E-state index contributed by atoms with van der Waals surface area (Å²) >= 11 is 1.75. The molecule has 1 aromatic rings. The topological polar surface area (TPSA) is 41.1 Å². The lowest BCUT2D eigenvalue weighted by Crippen LogP contribution is -2.33. The minimum atomic E-state index is 0. The maximum atomic E-state index is 11.9. The van der Waals surface area contributed by atoms with Gasteiger partial charge in [0.15, 0.2) is 0 Å². The van der Waals surface area contributed by atoms with Crippen LogP contribution in [-0.4, -0.2) is 25.5 Å². The average Bonchev–Trinajstić information content (AvgIpc) is 2.93. The molecule has 0 bridgehead atoms. The molecule has 20 heavy (non-hydrogen) atoms. The first-order valence-electron chi connectivity index (χ1n) is 7.25. The molecule has 0 aliphatic carbocycles. The fourth-order valence-corrected chi connectivity index (χ4v) is 3.43. The molecule has 1 atom stereocenters. The molecule has 5 heteroatoms. The molecular weight excluding hydrogens is 292 g/mol. The van der Waals surface area contributed by atoms with Crippen molar-refractivity contribution in [1.29, 1.82) is 0 Å². The van der Waals surface area contributed by atoms with Gasteiger partial charge in [0, 0.05) is 17.8 Å². The smallest absolute Gasteiger partial charge is 0.220 e. The number of rotatable bonds is 6. The van der Waals surface area contributed by atoms with Crippen molar-refractivity contribution in [3.05, 3.63) is 22.4 Å². The maximum Gasteiger partial charge on any atom is 0.220 e. The summed E-state index contributed by atoms with van der Waals surface area (Å²) in [4.78, 5) is 13.2. The normalized spacial score (nSPS) is 17.2. The van der Waals surface area contributed by atoms with E-state index < -0.39 is 0 Å². The van der Waals surface area contributed by atoms with E-state index in [0.29, 0.717) is 18.3 Å². The van der Waals surface area contributed by atoms with Crippen LogP contribution in [0.2, 0.25) is 0 Å². The average molecular weight is 317 g/mol. The van der Waals surface area contributed by atoms with Gasteiger partial charge in [0.25, 0.3) is 0 Å². The van der Waals surface area contributed by atoms with E-state index >= 15 is 0 Å². The highest BCUT2D eigenvalue weighted by atomic mass is 35.5. The SMILES string of the molecule is CC(CC(=O)NCCc1cccs1)C1CCNCC1.Cl. The standard InChI is InChI=1S/C15H24N2OS.ClH/c1-12(13-4-7-16-8-5-13)11-15(18)17-9-6-14-3-2-10-19-14;/h2-3,10,12-13,16H,4-9,11H2,1H3,(H,17,18);1H. The lowest BCUT2D eigenvalue weighted by atomic mass is 9.84. The van der Waals surface area contributed by atoms with E-state index in [1.54, 1.807) is 11.3 Å². The summed E-state index contributed by atoms with van der Waals surface area (Å²) < 4.78 is 0. The number of hydrogen-bond acceptors (Lipinski definition) is 3. The summed E-state index contributed by atoms with van der Waals surface area (Å²) in [5, 5.41) is 8.50. The lowest BCUT2D eigenvalue weighted by molar-refractivity contribution is -0.122. The number of nitrogens with one attached hydrogen (secondary N) is 2. The molecule has 1 saturated heterocycles. The molecule has 1 aliphatic heterocycles. The molecule has 0 spiro atoms. The number of amides is 1. The number of piperidine rings is 1. The van der Waals surface area contributed by atoms with E-state index in [9.17, 15) is 4.79 Å². The highest BCUT2D eigenvalue weighted by molar-refractivity contribution is 7.09. The Balaban J connectivity index is 0.00000200. The number of carbonyl (C=O) groups excluding carboxylic acids is 1. The van der Waals surface area contributed by atoms with Gasteiger partial charge in [-0.05, 0) is 55.6 Å². The van der Waals surface area contributed by atoms with Crippen molar-refractivity contribution in [2.24, 2.45) is 11.8 Å². The Kier molecular flexibility index (Phi) is 8.19. The first kappa shape index (κ1) is 17.5. The second-order valence-electron chi connectivity index (χ2n) is 5.45. The van der Waals surface area contributed by atoms with Crippen LogP contribution in [-0.2, 0) is 11.2 Å². The third-order valence-corrected chi connectivity index (χ3v) is 4.91. The largest absolute Gasteiger partial charge is 0.356 e. The molecule has 0 aromatic carbocycles. The van der Waals surface area contributed by atoms with Crippen LogP contribution < -0.4 is 10.6 Å². The highest BCUT2D eigenvalue weighted by Crippen LogP contribution is 2.24. The van der Waals surface area contributed by atoms with Crippen LogP contribution in [0.4, 0.5) is 0 Å². The summed E-state index contributed by atoms with van der Waals surface area (Å²) in [6.45, 7) is 5.19. The van der Waals surface area contributed by atoms with Crippen LogP contribution in [0.5, 0.6) is 0 Å². The Bertz CT molecular complexity index is 377. The second kappa shape index (κ2) is 9.37. The minimum Gasteiger partial charge on any atom is -0.356 e. The van der Waals surface area contributed by atoms with Crippen LogP contribution in [0.1, 0.15) is 31.1 Å². The molecular formula is C15H25ClN2OS. The van der Waals surface area contributed by atoms with Gasteiger partial charge in [0.1, 0.15) is 0 Å². The Morgan fingerprint density at radius 1 is 1.50 bits per heavy atom. The van der Waals surface area contributed by atoms with Gasteiger partial charge >= 0.3 is 0 Å². The van der Waals surface area contributed by atoms with Gasteiger partial charge in [0.05, 0.1) is 0 Å². The van der Waals surface area contributed by atoms with Crippen molar-refractivity contribution in [3.63, 3.8) is 0 Å². The quantitative estimate of drug-likeness (QED) is 0.847. The molecule has 1 aromatic heterocycles. The zero-order chi connectivity index (χ0) is 13.5. The zero-order valence-corrected chi connectivity index (χ0v) is 13.7. The van der Waals surface area contributed by atoms with Crippen molar-refractivity contribution in [2.75, 3.05) is 19.6 Å². The van der Waals surface area contributed by atoms with E-state index in [1.165, 1.54) is 17.7 Å². The molecule has 2 N–H and O–H groups in total. The summed E-state index contributed by atoms with van der Waals surface area (Å²) in [7, 11) is 0. The number of hydrogen-bond donors (Lipinski definition) is 2. The lowest BCUT2D eigenvalue weighted by Gasteiger charge is -2.27. The number of thiophene rings is 1. The molecule has 2 heterocycles. The molecule has 1 amide bonds. The summed E-state index contributed by atoms with van der Waals surface area (Å²) in [5.74, 6) is 1.43. The Morgan fingerprint density at radius 3 is 2.90 bits per heavy atom. The predicted molar refractivity (Wildman–Crippen MR) is 87.7 cm³/mol. The van der Waals surface area contributed by atoms with E-state index in [1.807, 2.05) is 0 Å².